The van der Waals surface area contributed by atoms with Crippen molar-refractivity contribution in [3.63, 3.8) is 0 Å². The normalized spacial score (nSPS) is 33.7. The lowest BCUT2D eigenvalue weighted by atomic mass is 9.49. The number of hydrogen-bond acceptors (Lipinski definition) is 3. The van der Waals surface area contributed by atoms with Gasteiger partial charge in [-0.15, -0.1) is 0 Å². The predicted octanol–water partition coefficient (Wildman–Crippen LogP) is 4.05. The summed E-state index contributed by atoms with van der Waals surface area (Å²) in [7, 11) is 1.83. The third-order valence-corrected chi connectivity index (χ3v) is 6.66. The van der Waals surface area contributed by atoms with Gasteiger partial charge >= 0.3 is 6.09 Å². The summed E-state index contributed by atoms with van der Waals surface area (Å²) in [5.74, 6) is 3.13. The minimum Gasteiger partial charge on any atom is -0.449 e. The molecule has 4 aliphatic rings. The molecular weight excluding hydrogens is 300 g/mol. The minimum atomic E-state index is -0.189. The Kier molecular flexibility index (Phi) is 6.07. The van der Waals surface area contributed by atoms with E-state index in [0.717, 1.165) is 50.2 Å². The van der Waals surface area contributed by atoms with E-state index in [1.165, 1.54) is 44.9 Å². The molecule has 0 heterocycles. The molecule has 0 spiro atoms. The number of ether oxygens (including phenoxy) is 1. The summed E-state index contributed by atoms with van der Waals surface area (Å²) in [6.45, 7) is 5.34. The average molecular weight is 337 g/mol. The summed E-state index contributed by atoms with van der Waals surface area (Å²) >= 11 is 0. The van der Waals surface area contributed by atoms with E-state index in [1.54, 1.807) is 4.90 Å². The van der Waals surface area contributed by atoms with E-state index >= 15 is 0 Å². The van der Waals surface area contributed by atoms with Gasteiger partial charge in [-0.3, -0.25) is 0 Å². The van der Waals surface area contributed by atoms with Crippen molar-refractivity contribution in [2.75, 3.05) is 33.3 Å². The Morgan fingerprint density at radius 2 is 1.75 bits per heavy atom. The Hall–Kier alpha value is -0.770. The number of nitrogens with zero attached hydrogens (tertiary/aromatic N) is 1. The van der Waals surface area contributed by atoms with Gasteiger partial charge in [-0.05, 0) is 81.1 Å². The maximum atomic E-state index is 11.8. The molecule has 0 aromatic heterocycles. The van der Waals surface area contributed by atoms with Crippen molar-refractivity contribution in [1.82, 2.24) is 10.2 Å². The second-order valence-electron chi connectivity index (χ2n) is 8.81. The highest BCUT2D eigenvalue weighted by Crippen LogP contribution is 2.61. The van der Waals surface area contributed by atoms with Gasteiger partial charge in [-0.25, -0.2) is 4.79 Å². The number of nitrogens with one attached hydrogen (secondary N) is 1. The third kappa shape index (κ3) is 4.44. The average Bonchev–Trinajstić information content (AvgIpc) is 2.53. The summed E-state index contributed by atoms with van der Waals surface area (Å²) in [6, 6.07) is 0. The van der Waals surface area contributed by atoms with Crippen LogP contribution in [0, 0.1) is 23.2 Å². The zero-order valence-electron chi connectivity index (χ0n) is 15.7. The molecule has 4 nitrogen and oxygen atoms in total. The Morgan fingerprint density at radius 3 is 2.33 bits per heavy atom. The first-order valence-corrected chi connectivity index (χ1v) is 10.2. The largest absolute Gasteiger partial charge is 0.449 e. The van der Waals surface area contributed by atoms with Gasteiger partial charge in [0.1, 0.15) is 0 Å². The van der Waals surface area contributed by atoms with Gasteiger partial charge in [0, 0.05) is 20.1 Å². The molecule has 0 saturated heterocycles. The predicted molar refractivity (Wildman–Crippen MR) is 97.0 cm³/mol. The van der Waals surface area contributed by atoms with Crippen LogP contribution < -0.4 is 5.32 Å². The van der Waals surface area contributed by atoms with Crippen molar-refractivity contribution in [3.8, 4) is 0 Å². The first-order valence-electron chi connectivity index (χ1n) is 10.2. The van der Waals surface area contributed by atoms with E-state index in [-0.39, 0.29) is 6.09 Å². The van der Waals surface area contributed by atoms with Crippen LogP contribution in [0.15, 0.2) is 0 Å². The maximum Gasteiger partial charge on any atom is 0.409 e. The van der Waals surface area contributed by atoms with Gasteiger partial charge < -0.3 is 15.0 Å². The molecule has 0 aliphatic heterocycles. The molecule has 4 bridgehead atoms. The summed E-state index contributed by atoms with van der Waals surface area (Å²) in [5, 5.41) is 3.56. The standard InChI is InChI=1S/C20H36N2O2/c1-3-4-9-24-19(23)22(2)8-7-21-6-5-20-13-16-10-17(14-20)12-18(11-16)15-20/h16-18,21H,3-15H2,1-2H3. The Labute approximate surface area is 147 Å². The second-order valence-corrected chi connectivity index (χ2v) is 8.81. The SMILES string of the molecule is CCCCOC(=O)N(C)CCNCCC12CC3CC(CC(C3)C1)C2. The first-order chi connectivity index (χ1) is 11.6. The van der Waals surface area contributed by atoms with Crippen molar-refractivity contribution >= 4 is 6.09 Å². The summed E-state index contributed by atoms with van der Waals surface area (Å²) in [5.41, 5.74) is 0.659. The topological polar surface area (TPSA) is 41.6 Å². The molecule has 0 unspecified atom stereocenters. The first kappa shape index (κ1) is 18.0. The van der Waals surface area contributed by atoms with Crippen molar-refractivity contribution < 1.29 is 9.53 Å². The molecule has 0 aromatic carbocycles. The van der Waals surface area contributed by atoms with Gasteiger partial charge in [0.25, 0.3) is 0 Å². The Bertz CT molecular complexity index is 389. The third-order valence-electron chi connectivity index (χ3n) is 6.66. The molecular formula is C20H36N2O2. The van der Waals surface area contributed by atoms with Crippen LogP contribution in [0.2, 0.25) is 0 Å². The molecule has 4 fully saturated rings. The number of unbranched alkanes of at least 4 members (excludes halogenated alkanes) is 1. The molecule has 4 rings (SSSR count). The van der Waals surface area contributed by atoms with Crippen LogP contribution in [0.3, 0.4) is 0 Å². The zero-order valence-corrected chi connectivity index (χ0v) is 15.7. The van der Waals surface area contributed by atoms with Crippen LogP contribution in [-0.2, 0) is 4.74 Å². The number of carbonyl (C=O) groups excluding carboxylic acids is 1. The highest BCUT2D eigenvalue weighted by Gasteiger charge is 2.50. The van der Waals surface area contributed by atoms with Crippen LogP contribution in [0.25, 0.3) is 0 Å². The summed E-state index contributed by atoms with van der Waals surface area (Å²) in [4.78, 5) is 13.5. The molecule has 138 valence electrons. The van der Waals surface area contributed by atoms with Gasteiger partial charge in [-0.1, -0.05) is 13.3 Å². The van der Waals surface area contributed by atoms with Crippen molar-refractivity contribution in [1.29, 1.82) is 0 Å². The molecule has 24 heavy (non-hydrogen) atoms. The van der Waals surface area contributed by atoms with Gasteiger partial charge in [0.05, 0.1) is 6.61 Å². The van der Waals surface area contributed by atoms with Crippen LogP contribution in [0.5, 0.6) is 0 Å². The highest BCUT2D eigenvalue weighted by molar-refractivity contribution is 5.67. The second kappa shape index (κ2) is 8.07. The van der Waals surface area contributed by atoms with E-state index in [4.69, 9.17) is 4.74 Å². The summed E-state index contributed by atoms with van der Waals surface area (Å²) in [6.07, 6.45) is 12.2. The Morgan fingerprint density at radius 1 is 1.12 bits per heavy atom. The quantitative estimate of drug-likeness (QED) is 0.646. The molecule has 4 aliphatic carbocycles. The number of hydrogen-bond donors (Lipinski definition) is 1. The number of rotatable bonds is 9. The smallest absolute Gasteiger partial charge is 0.409 e. The number of carbonyl (C=O) groups is 1. The van der Waals surface area contributed by atoms with E-state index in [1.807, 2.05) is 7.05 Å². The zero-order chi connectivity index (χ0) is 17.0. The number of amides is 1. The molecule has 0 atom stereocenters. The highest BCUT2D eigenvalue weighted by atomic mass is 16.6. The van der Waals surface area contributed by atoms with Crippen LogP contribution in [0.1, 0.15) is 64.7 Å². The van der Waals surface area contributed by atoms with Gasteiger partial charge in [0.2, 0.25) is 0 Å². The van der Waals surface area contributed by atoms with Crippen LogP contribution in [0.4, 0.5) is 4.79 Å². The molecule has 0 aromatic rings. The molecule has 4 heteroatoms. The molecule has 1 amide bonds. The molecule has 1 N–H and O–H groups in total. The fourth-order valence-corrected chi connectivity index (χ4v) is 5.83. The number of likely N-dealkylation sites (N-methyl/N-ethyl adjacent to an activating group) is 1. The van der Waals surface area contributed by atoms with E-state index in [0.29, 0.717) is 12.0 Å². The van der Waals surface area contributed by atoms with Gasteiger partial charge in [-0.2, -0.15) is 0 Å². The van der Waals surface area contributed by atoms with Crippen LogP contribution in [-0.4, -0.2) is 44.3 Å². The van der Waals surface area contributed by atoms with Crippen LogP contribution >= 0.6 is 0 Å². The van der Waals surface area contributed by atoms with Crippen molar-refractivity contribution in [2.24, 2.45) is 23.2 Å². The van der Waals surface area contributed by atoms with Gasteiger partial charge in [0.15, 0.2) is 0 Å². The molecule has 4 saturated carbocycles. The fraction of sp³-hybridized carbons (Fsp3) is 0.950. The minimum absolute atomic E-state index is 0.189. The van der Waals surface area contributed by atoms with E-state index in [2.05, 4.69) is 12.2 Å². The van der Waals surface area contributed by atoms with Crippen molar-refractivity contribution in [3.05, 3.63) is 0 Å². The lowest BCUT2D eigenvalue weighted by Gasteiger charge is -2.57. The Balaban J connectivity index is 1.29. The lowest BCUT2D eigenvalue weighted by molar-refractivity contribution is -0.0567. The maximum absolute atomic E-state index is 11.8. The summed E-state index contributed by atoms with van der Waals surface area (Å²) < 4.78 is 5.23. The monoisotopic (exact) mass is 336 g/mol. The van der Waals surface area contributed by atoms with E-state index in [9.17, 15) is 4.79 Å². The lowest BCUT2D eigenvalue weighted by Crippen LogP contribution is -2.47. The molecule has 0 radical (unpaired) electrons. The fourth-order valence-electron chi connectivity index (χ4n) is 5.83. The van der Waals surface area contributed by atoms with Crippen molar-refractivity contribution in [2.45, 2.75) is 64.7 Å². The van der Waals surface area contributed by atoms with E-state index < -0.39 is 0 Å².